The molecule has 45 heavy (non-hydrogen) atoms. The van der Waals surface area contributed by atoms with E-state index in [1.54, 1.807) is 80.8 Å². The summed E-state index contributed by atoms with van der Waals surface area (Å²) < 4.78 is 11.5. The van der Waals surface area contributed by atoms with Crippen LogP contribution >= 0.6 is 23.1 Å². The molecule has 5 rings (SSSR count). The van der Waals surface area contributed by atoms with Crippen LogP contribution in [0.1, 0.15) is 28.0 Å². The average molecular weight is 640 g/mol. The van der Waals surface area contributed by atoms with Crippen LogP contribution in [-0.2, 0) is 9.59 Å². The summed E-state index contributed by atoms with van der Waals surface area (Å²) in [4.78, 5) is 39.9. The second-order valence-electron chi connectivity index (χ2n) is 9.63. The second kappa shape index (κ2) is 14.5. The molecule has 5 aromatic rings. The van der Waals surface area contributed by atoms with Gasteiger partial charge in [0.1, 0.15) is 28.0 Å². The standard InChI is InChI=1S/C33H29N5O5S2/c1-20(30(39)36-33-38-37-21(2)45-33)44-25-16-13-23(14-17-25)34-32(41)27(35-31(40)22-9-5-4-6-10-22)19-24-15-18-29(43-24)26-11-7-8-12-28(26)42-3/h4-20H,1-3H3,(H,34,41)(H,35,40)(H,36,38,39)/b27-19-/t20-/m0/s1. The summed E-state index contributed by atoms with van der Waals surface area (Å²) in [5.41, 5.74) is 1.63. The van der Waals surface area contributed by atoms with E-state index in [2.05, 4.69) is 26.1 Å². The van der Waals surface area contributed by atoms with Gasteiger partial charge in [-0.2, -0.15) is 0 Å². The number of hydrogen-bond acceptors (Lipinski definition) is 9. The summed E-state index contributed by atoms with van der Waals surface area (Å²) in [6.45, 7) is 3.61. The minimum absolute atomic E-state index is 0.0135. The number of furan rings is 1. The number of carbonyl (C=O) groups is 3. The van der Waals surface area contributed by atoms with Gasteiger partial charge in [0.25, 0.3) is 11.8 Å². The van der Waals surface area contributed by atoms with Crippen molar-refractivity contribution in [2.75, 3.05) is 17.7 Å². The minimum atomic E-state index is -0.546. The first kappa shape index (κ1) is 31.2. The highest BCUT2D eigenvalue weighted by atomic mass is 32.2. The quantitative estimate of drug-likeness (QED) is 0.108. The molecule has 3 amide bonds. The van der Waals surface area contributed by atoms with E-state index >= 15 is 0 Å². The van der Waals surface area contributed by atoms with Gasteiger partial charge in [-0.25, -0.2) is 0 Å². The molecule has 2 heterocycles. The van der Waals surface area contributed by atoms with Crippen molar-refractivity contribution >= 4 is 57.7 Å². The summed E-state index contributed by atoms with van der Waals surface area (Å²) in [7, 11) is 1.58. The number of amides is 3. The van der Waals surface area contributed by atoms with Gasteiger partial charge in [-0.15, -0.1) is 22.0 Å². The number of nitrogens with zero attached hydrogens (tertiary/aromatic N) is 2. The lowest BCUT2D eigenvalue weighted by Crippen LogP contribution is -2.30. The van der Waals surface area contributed by atoms with E-state index in [-0.39, 0.29) is 11.6 Å². The summed E-state index contributed by atoms with van der Waals surface area (Å²) in [6, 6.07) is 26.6. The van der Waals surface area contributed by atoms with Gasteiger partial charge in [-0.1, -0.05) is 41.7 Å². The van der Waals surface area contributed by atoms with Crippen LogP contribution in [0.15, 0.2) is 106 Å². The molecule has 0 saturated heterocycles. The number of para-hydroxylation sites is 1. The van der Waals surface area contributed by atoms with E-state index in [0.717, 1.165) is 15.5 Å². The first-order valence-corrected chi connectivity index (χ1v) is 15.5. The van der Waals surface area contributed by atoms with Crippen molar-refractivity contribution in [3.05, 3.63) is 113 Å². The number of methoxy groups -OCH3 is 1. The van der Waals surface area contributed by atoms with Gasteiger partial charge in [-0.05, 0) is 74.5 Å². The third kappa shape index (κ3) is 8.25. The Kier molecular flexibility index (Phi) is 10.1. The first-order valence-electron chi connectivity index (χ1n) is 13.8. The van der Waals surface area contributed by atoms with Gasteiger partial charge in [0.05, 0.1) is 17.9 Å². The smallest absolute Gasteiger partial charge is 0.272 e. The number of aromatic nitrogens is 2. The zero-order chi connectivity index (χ0) is 31.8. The van der Waals surface area contributed by atoms with Crippen molar-refractivity contribution in [2.45, 2.75) is 24.0 Å². The maximum atomic E-state index is 13.5. The molecule has 1 atom stereocenters. The fourth-order valence-corrected chi connectivity index (χ4v) is 5.60. The number of anilines is 2. The number of ether oxygens (including phenoxy) is 1. The number of carbonyl (C=O) groups excluding carboxylic acids is 3. The van der Waals surface area contributed by atoms with Crippen molar-refractivity contribution in [3.8, 4) is 17.1 Å². The van der Waals surface area contributed by atoms with Gasteiger partial charge in [0.2, 0.25) is 11.0 Å². The van der Waals surface area contributed by atoms with E-state index < -0.39 is 17.1 Å². The number of nitrogens with one attached hydrogen (secondary N) is 3. The van der Waals surface area contributed by atoms with Crippen molar-refractivity contribution in [1.29, 1.82) is 0 Å². The monoisotopic (exact) mass is 639 g/mol. The van der Waals surface area contributed by atoms with Gasteiger partial charge >= 0.3 is 0 Å². The van der Waals surface area contributed by atoms with E-state index in [9.17, 15) is 14.4 Å². The van der Waals surface area contributed by atoms with E-state index in [4.69, 9.17) is 9.15 Å². The molecule has 12 heteroatoms. The molecule has 0 bridgehead atoms. The Hall–Kier alpha value is -5.20. The molecule has 0 aliphatic carbocycles. The third-order valence-electron chi connectivity index (χ3n) is 6.37. The molecule has 0 saturated carbocycles. The Morgan fingerprint density at radius 2 is 1.64 bits per heavy atom. The molecule has 3 N–H and O–H groups in total. The maximum absolute atomic E-state index is 13.5. The zero-order valence-corrected chi connectivity index (χ0v) is 26.2. The molecule has 0 aliphatic rings. The van der Waals surface area contributed by atoms with Gasteiger partial charge in [0, 0.05) is 22.2 Å². The molecule has 3 aromatic carbocycles. The zero-order valence-electron chi connectivity index (χ0n) is 24.6. The Morgan fingerprint density at radius 3 is 2.36 bits per heavy atom. The van der Waals surface area contributed by atoms with Crippen LogP contribution in [0.25, 0.3) is 17.4 Å². The topological polar surface area (TPSA) is 135 Å². The second-order valence-corrected chi connectivity index (χ2v) is 12.2. The first-order chi connectivity index (χ1) is 21.8. The van der Waals surface area contributed by atoms with Gasteiger partial charge < -0.3 is 19.8 Å². The highest BCUT2D eigenvalue weighted by Crippen LogP contribution is 2.31. The molecular formula is C33H29N5O5S2. The lowest BCUT2D eigenvalue weighted by Gasteiger charge is -2.12. The molecule has 0 radical (unpaired) electrons. The summed E-state index contributed by atoms with van der Waals surface area (Å²) in [5.74, 6) is 0.358. The van der Waals surface area contributed by atoms with E-state index in [1.807, 2.05) is 31.2 Å². The summed E-state index contributed by atoms with van der Waals surface area (Å²) in [6.07, 6.45) is 1.47. The van der Waals surface area contributed by atoms with Gasteiger partial charge in [-0.3, -0.25) is 19.7 Å². The Balaban J connectivity index is 1.30. The molecule has 0 unspecified atom stereocenters. The van der Waals surface area contributed by atoms with Crippen LogP contribution in [0.5, 0.6) is 5.75 Å². The molecule has 0 spiro atoms. The Bertz CT molecular complexity index is 1830. The lowest BCUT2D eigenvalue weighted by atomic mass is 10.1. The van der Waals surface area contributed by atoms with Crippen LogP contribution in [0.3, 0.4) is 0 Å². The molecule has 228 valence electrons. The third-order valence-corrected chi connectivity index (χ3v) is 8.23. The molecule has 0 aliphatic heterocycles. The number of thioether (sulfide) groups is 1. The fraction of sp³-hybridized carbons (Fsp3) is 0.121. The van der Waals surface area contributed by atoms with E-state index in [1.165, 1.54) is 29.2 Å². The predicted molar refractivity (Wildman–Crippen MR) is 176 cm³/mol. The molecule has 10 nitrogen and oxygen atoms in total. The minimum Gasteiger partial charge on any atom is -0.496 e. The maximum Gasteiger partial charge on any atom is 0.272 e. The van der Waals surface area contributed by atoms with Crippen LogP contribution in [0.4, 0.5) is 10.8 Å². The van der Waals surface area contributed by atoms with Crippen LogP contribution < -0.4 is 20.7 Å². The Morgan fingerprint density at radius 1 is 0.911 bits per heavy atom. The van der Waals surface area contributed by atoms with Crippen molar-refractivity contribution in [2.24, 2.45) is 0 Å². The van der Waals surface area contributed by atoms with Crippen molar-refractivity contribution in [3.63, 3.8) is 0 Å². The summed E-state index contributed by atoms with van der Waals surface area (Å²) in [5, 5.41) is 17.0. The highest BCUT2D eigenvalue weighted by molar-refractivity contribution is 8.00. The predicted octanol–water partition coefficient (Wildman–Crippen LogP) is 6.64. The Labute approximate surface area is 267 Å². The van der Waals surface area contributed by atoms with Crippen molar-refractivity contribution < 1.29 is 23.5 Å². The normalized spacial score (nSPS) is 11.8. The summed E-state index contributed by atoms with van der Waals surface area (Å²) >= 11 is 2.67. The van der Waals surface area contributed by atoms with Crippen LogP contribution in [0, 0.1) is 6.92 Å². The number of benzene rings is 3. The van der Waals surface area contributed by atoms with Gasteiger partial charge in [0.15, 0.2) is 0 Å². The number of hydrogen-bond donors (Lipinski definition) is 3. The molecular weight excluding hydrogens is 611 g/mol. The molecule has 0 fully saturated rings. The van der Waals surface area contributed by atoms with E-state index in [0.29, 0.717) is 33.7 Å². The number of aryl methyl sites for hydroxylation is 1. The number of rotatable bonds is 11. The van der Waals surface area contributed by atoms with Crippen molar-refractivity contribution in [1.82, 2.24) is 15.5 Å². The van der Waals surface area contributed by atoms with Crippen LogP contribution in [-0.4, -0.2) is 40.3 Å². The SMILES string of the molecule is COc1ccccc1-c1ccc(/C=C(\NC(=O)c2ccccc2)C(=O)Nc2ccc(S[C@@H](C)C(=O)Nc3nnc(C)s3)cc2)o1. The lowest BCUT2D eigenvalue weighted by molar-refractivity contribution is -0.115. The average Bonchev–Trinajstić information content (AvgIpc) is 3.70. The largest absolute Gasteiger partial charge is 0.496 e. The van der Waals surface area contributed by atoms with Crippen LogP contribution in [0.2, 0.25) is 0 Å². The molecule has 2 aromatic heterocycles. The fourth-order valence-electron chi connectivity index (χ4n) is 4.14. The highest BCUT2D eigenvalue weighted by Gasteiger charge is 2.19.